The van der Waals surface area contributed by atoms with Gasteiger partial charge in [-0.15, -0.1) is 0 Å². The number of carboxylic acids is 1. The first-order chi connectivity index (χ1) is 10.6. The minimum Gasteiger partial charge on any atom is -0.481 e. The van der Waals surface area contributed by atoms with Crippen molar-refractivity contribution in [1.82, 2.24) is 0 Å². The van der Waals surface area contributed by atoms with E-state index in [0.717, 1.165) is 36.9 Å². The third-order valence-corrected chi connectivity index (χ3v) is 3.94. The van der Waals surface area contributed by atoms with Crippen molar-refractivity contribution in [2.45, 2.75) is 31.7 Å². The SMILES string of the molecule is C=C(O/C=C\N)c1ccc(NC2CCC(C(=O)O)CC2)cc1. The average Bonchev–Trinajstić information content (AvgIpc) is 2.54. The van der Waals surface area contributed by atoms with Gasteiger partial charge in [0, 0.05) is 23.5 Å². The molecule has 1 aromatic carbocycles. The number of rotatable bonds is 6. The fourth-order valence-corrected chi connectivity index (χ4v) is 2.66. The maximum Gasteiger partial charge on any atom is 0.306 e. The first-order valence-electron chi connectivity index (χ1n) is 7.42. The highest BCUT2D eigenvalue weighted by Gasteiger charge is 2.25. The van der Waals surface area contributed by atoms with Crippen LogP contribution in [-0.2, 0) is 9.53 Å². The van der Waals surface area contributed by atoms with Crippen molar-refractivity contribution < 1.29 is 14.6 Å². The van der Waals surface area contributed by atoms with E-state index in [-0.39, 0.29) is 5.92 Å². The summed E-state index contributed by atoms with van der Waals surface area (Å²) in [6, 6.07) is 8.13. The Morgan fingerprint density at radius 2 is 1.91 bits per heavy atom. The number of carbonyl (C=O) groups is 1. The predicted octanol–water partition coefficient (Wildman–Crippen LogP) is 3.16. The van der Waals surface area contributed by atoms with Crippen molar-refractivity contribution in [3.8, 4) is 0 Å². The van der Waals surface area contributed by atoms with Gasteiger partial charge in [-0.05, 0) is 49.9 Å². The molecule has 5 nitrogen and oxygen atoms in total. The number of hydrogen-bond acceptors (Lipinski definition) is 4. The summed E-state index contributed by atoms with van der Waals surface area (Å²) in [6.07, 6.45) is 5.94. The van der Waals surface area contributed by atoms with Crippen LogP contribution in [-0.4, -0.2) is 17.1 Å². The van der Waals surface area contributed by atoms with Crippen LogP contribution >= 0.6 is 0 Å². The molecule has 0 atom stereocenters. The molecule has 0 saturated heterocycles. The summed E-state index contributed by atoms with van der Waals surface area (Å²) >= 11 is 0. The second kappa shape index (κ2) is 7.54. The lowest BCUT2D eigenvalue weighted by molar-refractivity contribution is -0.142. The van der Waals surface area contributed by atoms with Crippen molar-refractivity contribution >= 4 is 17.4 Å². The summed E-state index contributed by atoms with van der Waals surface area (Å²) in [4.78, 5) is 10.9. The standard InChI is InChI=1S/C17H22N2O3/c1-12(22-11-10-18)13-2-6-15(7-3-13)19-16-8-4-14(5-9-16)17(20)21/h2-3,6-7,10-11,14,16,19H,1,4-5,8-9,18H2,(H,20,21)/b11-10-. The number of carboxylic acid groups (broad SMARTS) is 1. The summed E-state index contributed by atoms with van der Waals surface area (Å²) in [5.74, 6) is -0.320. The van der Waals surface area contributed by atoms with E-state index in [4.69, 9.17) is 15.6 Å². The van der Waals surface area contributed by atoms with Gasteiger partial charge in [-0.1, -0.05) is 6.58 Å². The number of anilines is 1. The number of ether oxygens (including phenoxy) is 1. The van der Waals surface area contributed by atoms with E-state index >= 15 is 0 Å². The minimum atomic E-state index is -0.673. The van der Waals surface area contributed by atoms with E-state index in [1.54, 1.807) is 0 Å². The molecule has 1 aliphatic carbocycles. The highest BCUT2D eigenvalue weighted by molar-refractivity contribution is 5.70. The molecule has 1 saturated carbocycles. The van der Waals surface area contributed by atoms with Gasteiger partial charge in [0.1, 0.15) is 12.0 Å². The van der Waals surface area contributed by atoms with Gasteiger partial charge in [0.05, 0.1) is 5.92 Å². The monoisotopic (exact) mass is 302 g/mol. The van der Waals surface area contributed by atoms with Crippen LogP contribution < -0.4 is 11.1 Å². The third kappa shape index (κ3) is 4.28. The maximum absolute atomic E-state index is 10.9. The van der Waals surface area contributed by atoms with Gasteiger partial charge in [0.25, 0.3) is 0 Å². The van der Waals surface area contributed by atoms with Crippen LogP contribution in [0, 0.1) is 5.92 Å². The highest BCUT2D eigenvalue weighted by Crippen LogP contribution is 2.27. The zero-order chi connectivity index (χ0) is 15.9. The second-order valence-electron chi connectivity index (χ2n) is 5.48. The average molecular weight is 302 g/mol. The lowest BCUT2D eigenvalue weighted by atomic mass is 9.86. The van der Waals surface area contributed by atoms with E-state index in [2.05, 4.69) is 11.9 Å². The summed E-state index contributed by atoms with van der Waals surface area (Å²) in [6.45, 7) is 3.83. The number of aliphatic carboxylic acids is 1. The summed E-state index contributed by atoms with van der Waals surface area (Å²) in [7, 11) is 0. The molecular weight excluding hydrogens is 280 g/mol. The second-order valence-corrected chi connectivity index (χ2v) is 5.48. The van der Waals surface area contributed by atoms with E-state index in [1.165, 1.54) is 12.5 Å². The van der Waals surface area contributed by atoms with Gasteiger partial charge in [-0.3, -0.25) is 4.79 Å². The van der Waals surface area contributed by atoms with Crippen LogP contribution in [0.3, 0.4) is 0 Å². The van der Waals surface area contributed by atoms with Gasteiger partial charge in [-0.2, -0.15) is 0 Å². The van der Waals surface area contributed by atoms with Gasteiger partial charge in [0.15, 0.2) is 0 Å². The van der Waals surface area contributed by atoms with Crippen molar-refractivity contribution in [2.75, 3.05) is 5.32 Å². The zero-order valence-electron chi connectivity index (χ0n) is 12.5. The lowest BCUT2D eigenvalue weighted by Gasteiger charge is -2.27. The number of hydrogen-bond donors (Lipinski definition) is 3. The number of nitrogens with two attached hydrogens (primary N) is 1. The van der Waals surface area contributed by atoms with E-state index < -0.39 is 5.97 Å². The Kier molecular flexibility index (Phi) is 5.47. The fourth-order valence-electron chi connectivity index (χ4n) is 2.66. The first kappa shape index (κ1) is 15.9. The Balaban J connectivity index is 1.87. The molecule has 0 aromatic heterocycles. The Bertz CT molecular complexity index is 544. The Morgan fingerprint density at radius 1 is 1.27 bits per heavy atom. The molecule has 0 radical (unpaired) electrons. The molecule has 0 unspecified atom stereocenters. The van der Waals surface area contributed by atoms with Crippen LogP contribution in [0.5, 0.6) is 0 Å². The van der Waals surface area contributed by atoms with Crippen molar-refractivity contribution in [2.24, 2.45) is 11.7 Å². The van der Waals surface area contributed by atoms with Gasteiger partial charge in [-0.25, -0.2) is 0 Å². The molecule has 5 heteroatoms. The first-order valence-corrected chi connectivity index (χ1v) is 7.42. The summed E-state index contributed by atoms with van der Waals surface area (Å²) in [5.41, 5.74) is 7.12. The van der Waals surface area contributed by atoms with E-state index in [0.29, 0.717) is 11.8 Å². The Labute approximate surface area is 130 Å². The molecule has 0 amide bonds. The molecule has 118 valence electrons. The lowest BCUT2D eigenvalue weighted by Crippen LogP contribution is -2.29. The normalized spacial score (nSPS) is 21.5. The molecule has 1 aromatic rings. The minimum absolute atomic E-state index is 0.184. The highest BCUT2D eigenvalue weighted by atomic mass is 16.5. The summed E-state index contributed by atoms with van der Waals surface area (Å²) in [5, 5.41) is 12.5. The molecule has 22 heavy (non-hydrogen) atoms. The van der Waals surface area contributed by atoms with Crippen molar-refractivity contribution in [3.63, 3.8) is 0 Å². The van der Waals surface area contributed by atoms with Crippen LogP contribution in [0.15, 0.2) is 43.3 Å². The van der Waals surface area contributed by atoms with Crippen molar-refractivity contribution in [3.05, 3.63) is 48.9 Å². The van der Waals surface area contributed by atoms with E-state index in [1.807, 2.05) is 24.3 Å². The molecule has 4 N–H and O–H groups in total. The third-order valence-electron chi connectivity index (χ3n) is 3.94. The zero-order valence-corrected chi connectivity index (χ0v) is 12.5. The molecule has 1 fully saturated rings. The predicted molar refractivity (Wildman–Crippen MR) is 86.9 cm³/mol. The Morgan fingerprint density at radius 3 is 2.45 bits per heavy atom. The molecule has 0 spiro atoms. The quantitative estimate of drug-likeness (QED) is 0.703. The molecule has 2 rings (SSSR count). The number of benzene rings is 1. The van der Waals surface area contributed by atoms with Crippen LogP contribution in [0.2, 0.25) is 0 Å². The van der Waals surface area contributed by atoms with Gasteiger partial charge < -0.3 is 20.9 Å². The van der Waals surface area contributed by atoms with Crippen molar-refractivity contribution in [1.29, 1.82) is 0 Å². The smallest absolute Gasteiger partial charge is 0.306 e. The molecule has 0 heterocycles. The molecule has 1 aliphatic rings. The Hall–Kier alpha value is -2.43. The molecule has 0 bridgehead atoms. The number of nitrogens with one attached hydrogen (secondary N) is 1. The fraction of sp³-hybridized carbons (Fsp3) is 0.353. The van der Waals surface area contributed by atoms with Crippen LogP contribution in [0.4, 0.5) is 5.69 Å². The van der Waals surface area contributed by atoms with Crippen LogP contribution in [0.1, 0.15) is 31.2 Å². The van der Waals surface area contributed by atoms with Gasteiger partial charge >= 0.3 is 5.97 Å². The molecule has 0 aliphatic heterocycles. The maximum atomic E-state index is 10.9. The summed E-state index contributed by atoms with van der Waals surface area (Å²) < 4.78 is 5.23. The largest absolute Gasteiger partial charge is 0.481 e. The van der Waals surface area contributed by atoms with Gasteiger partial charge in [0.2, 0.25) is 0 Å². The topological polar surface area (TPSA) is 84.6 Å². The van der Waals surface area contributed by atoms with E-state index in [9.17, 15) is 4.79 Å². The molecular formula is C17H22N2O3. The van der Waals surface area contributed by atoms with Crippen LogP contribution in [0.25, 0.3) is 5.76 Å².